The highest BCUT2D eigenvalue weighted by Gasteiger charge is 2.51. The molecule has 2 fully saturated rings. The van der Waals surface area contributed by atoms with Crippen LogP contribution in [0.3, 0.4) is 0 Å². The number of phosphoric ester groups is 2. The fraction of sp³-hybridized carbons (Fsp3) is 0.381. The maximum Gasteiger partial charge on any atom is 0.480 e. The third kappa shape index (κ3) is 20.5. The highest BCUT2D eigenvalue weighted by molar-refractivity contribution is 7.71. The van der Waals surface area contributed by atoms with Crippen LogP contribution >= 0.6 is 46.6 Å². The van der Waals surface area contributed by atoms with E-state index in [1.165, 1.54) is 21.8 Å². The Morgan fingerprint density at radius 1 is 0.532 bits per heavy atom. The smallest absolute Gasteiger partial charge is 0.440 e. The largest absolute Gasteiger partial charge is 0.480 e. The lowest BCUT2D eigenvalue weighted by molar-refractivity contribution is -0.0521. The number of hydrogen-bond acceptors (Lipinski definition) is 30. The van der Waals surface area contributed by atoms with Gasteiger partial charge in [-0.3, -0.25) is 27.8 Å². The molecule has 6 aromatic rings. The average molecular weight is 1450 g/mol. The van der Waals surface area contributed by atoms with Gasteiger partial charge in [0.25, 0.3) is 11.8 Å². The van der Waals surface area contributed by atoms with Crippen LogP contribution in [0.25, 0.3) is 22.3 Å². The zero-order valence-corrected chi connectivity index (χ0v) is 53.4. The van der Waals surface area contributed by atoms with Crippen molar-refractivity contribution in [1.29, 1.82) is 0 Å². The molecule has 8 rings (SSSR count). The van der Waals surface area contributed by atoms with Crippen molar-refractivity contribution in [3.8, 4) is 0 Å². The monoisotopic (exact) mass is 1450 g/mol. The zero-order valence-electron chi connectivity index (χ0n) is 48.0. The standard InChI is InChI=1S/2C21H30N9O14P3/c1-23-12-5-3-2-4-11(12)19(32)24-6-7-25-21(33)43-16-13(8-41-47(39,40)44-46(37,38)29-45(34,35)36)42-20(15(16)31)30-10-28-14-17(22)26-9-27-18(14)30;1-23-12-5-3-2-4-11(12)19(32)24-6-7-25-21(33)43-16-15(31)13(8-41-47(39,40)44-46(37,38)29-45(34,35)36)42-20(16)30-10-28-14-17(22)26-9-27-18(14)30/h2*2-5,9-10,13,15-16,20,23,31H,6-8H2,1H3,(H,24,32)(H,25,33)(H,39,40)(H2,22,26,27)(H4,29,34,35,36,37,38)/t2*13-,15-,16-,20-/m11/s1. The molecule has 6 heterocycles. The topological polar surface area (TPSA) is 682 Å². The van der Waals surface area contributed by atoms with E-state index in [9.17, 15) is 76.4 Å². The van der Waals surface area contributed by atoms with Crippen LogP contribution in [-0.4, -0.2) is 203 Å². The molecule has 12 atom stereocenters. The van der Waals surface area contributed by atoms with Gasteiger partial charge in [-0.1, -0.05) is 24.3 Å². The number of nitrogens with zero attached hydrogens (tertiary/aromatic N) is 8. The number of para-hydroxylation sites is 2. The summed E-state index contributed by atoms with van der Waals surface area (Å²) in [4.78, 5) is 150. The zero-order chi connectivity index (χ0) is 69.1. The van der Waals surface area contributed by atoms with E-state index in [-0.39, 0.29) is 60.1 Å². The first-order valence-electron chi connectivity index (χ1n) is 26.3. The van der Waals surface area contributed by atoms with Crippen LogP contribution in [0, 0.1) is 0 Å². The van der Waals surface area contributed by atoms with Gasteiger partial charge in [0.05, 0.1) is 37.0 Å². The van der Waals surface area contributed by atoms with Crippen LogP contribution in [0.15, 0.2) is 73.8 Å². The summed E-state index contributed by atoms with van der Waals surface area (Å²) in [5, 5.41) is 37.9. The highest BCUT2D eigenvalue weighted by atomic mass is 31.3. The third-order valence-electron chi connectivity index (χ3n) is 12.4. The number of rotatable bonds is 28. The fourth-order valence-corrected chi connectivity index (χ4v) is 15.4. The summed E-state index contributed by atoms with van der Waals surface area (Å²) in [7, 11) is -29.7. The Balaban J connectivity index is 0.000000266. The Labute approximate surface area is 526 Å². The van der Waals surface area contributed by atoms with Crippen molar-refractivity contribution in [2.45, 2.75) is 49.1 Å². The lowest BCUT2D eigenvalue weighted by Crippen LogP contribution is -2.42. The molecular formula is C42H60N18O28P6. The minimum absolute atomic E-state index is 0.00875. The van der Waals surface area contributed by atoms with Crippen LogP contribution in [0.1, 0.15) is 33.2 Å². The first kappa shape index (κ1) is 74.3. The van der Waals surface area contributed by atoms with E-state index >= 15 is 0 Å². The molecule has 516 valence electrons. The normalized spacial score (nSPS) is 22.3. The number of anilines is 4. The summed E-state index contributed by atoms with van der Waals surface area (Å²) < 4.78 is 112. The Morgan fingerprint density at radius 3 is 1.36 bits per heavy atom. The van der Waals surface area contributed by atoms with Gasteiger partial charge in [-0.25, -0.2) is 66.9 Å². The number of hydrogen-bond donors (Lipinski definition) is 20. The Morgan fingerprint density at radius 2 is 0.926 bits per heavy atom. The lowest BCUT2D eigenvalue weighted by Gasteiger charge is -2.22. The van der Waals surface area contributed by atoms with Crippen molar-refractivity contribution < 1.29 is 133 Å². The summed E-state index contributed by atoms with van der Waals surface area (Å²) >= 11 is 0. The number of carbonyl (C=O) groups is 4. The molecule has 4 aromatic heterocycles. The minimum Gasteiger partial charge on any atom is -0.440 e. The molecule has 0 saturated carbocycles. The summed E-state index contributed by atoms with van der Waals surface area (Å²) in [5.41, 5.74) is 13.9. The number of carbonyl (C=O) groups excluding carboxylic acids is 4. The first-order chi connectivity index (χ1) is 44.0. The molecule has 22 N–H and O–H groups in total. The van der Waals surface area contributed by atoms with Crippen LogP contribution in [0.2, 0.25) is 0 Å². The summed E-state index contributed by atoms with van der Waals surface area (Å²) in [6, 6.07) is 13.4. The highest BCUT2D eigenvalue weighted by Crippen LogP contribution is 2.62. The second-order valence-corrected chi connectivity index (χ2v) is 28.5. The molecule has 4 unspecified atom stereocenters. The van der Waals surface area contributed by atoms with Crippen LogP contribution in [-0.2, 0) is 64.0 Å². The molecule has 0 spiro atoms. The Hall–Kier alpha value is -7.12. The van der Waals surface area contributed by atoms with Gasteiger partial charge < -0.3 is 112 Å². The number of amides is 4. The Kier molecular flexibility index (Phi) is 24.6. The molecule has 94 heavy (non-hydrogen) atoms. The number of fused-ring (bicyclic) bond motifs is 2. The van der Waals surface area contributed by atoms with Crippen LogP contribution in [0.5, 0.6) is 0 Å². The van der Waals surface area contributed by atoms with Crippen molar-refractivity contribution in [1.82, 2.24) is 70.0 Å². The quantitative estimate of drug-likeness (QED) is 0.0192. The number of nitrogen functional groups attached to an aromatic ring is 2. The second kappa shape index (κ2) is 31.2. The second-order valence-electron chi connectivity index (χ2n) is 19.0. The van der Waals surface area contributed by atoms with Gasteiger partial charge in [0, 0.05) is 51.6 Å². The lowest BCUT2D eigenvalue weighted by atomic mass is 10.1. The van der Waals surface area contributed by atoms with Crippen molar-refractivity contribution in [2.24, 2.45) is 0 Å². The van der Waals surface area contributed by atoms with E-state index in [0.29, 0.717) is 22.5 Å². The summed E-state index contributed by atoms with van der Waals surface area (Å²) in [5.74, 6) is -0.870. The van der Waals surface area contributed by atoms with Gasteiger partial charge in [-0.2, -0.15) is 8.62 Å². The van der Waals surface area contributed by atoms with Crippen LogP contribution < -0.4 is 53.1 Å². The molecule has 0 bridgehead atoms. The van der Waals surface area contributed by atoms with Gasteiger partial charge in [0.15, 0.2) is 47.6 Å². The first-order valence-corrected chi connectivity index (χ1v) is 35.6. The number of benzene rings is 2. The molecule has 2 aromatic carbocycles. The van der Waals surface area contributed by atoms with Crippen molar-refractivity contribution >= 4 is 116 Å². The van der Waals surface area contributed by atoms with E-state index in [0.717, 1.165) is 22.4 Å². The van der Waals surface area contributed by atoms with E-state index in [1.807, 2.05) is 0 Å². The molecule has 2 aliphatic heterocycles. The Bertz CT molecular complexity index is 4010. The predicted octanol–water partition coefficient (Wildman–Crippen LogP) is -1.70. The molecule has 46 nitrogen and oxygen atoms in total. The van der Waals surface area contributed by atoms with Crippen LogP contribution in [0.4, 0.5) is 32.6 Å². The van der Waals surface area contributed by atoms with Gasteiger partial charge in [0.2, 0.25) is 0 Å². The fourth-order valence-electron chi connectivity index (χ4n) is 8.58. The van der Waals surface area contributed by atoms with E-state index < -0.39 is 133 Å². The summed E-state index contributed by atoms with van der Waals surface area (Å²) in [6.07, 6.45) is -10.4. The van der Waals surface area contributed by atoms with Crippen molar-refractivity contribution in [2.75, 3.05) is 75.6 Å². The molecule has 4 amide bonds. The molecule has 2 aliphatic rings. The molecule has 0 radical (unpaired) electrons. The van der Waals surface area contributed by atoms with Gasteiger partial charge in [-0.05, 0) is 24.3 Å². The van der Waals surface area contributed by atoms with E-state index in [1.54, 1.807) is 62.6 Å². The summed E-state index contributed by atoms with van der Waals surface area (Å²) in [6.45, 7) is -2.38. The number of imidazole rings is 2. The van der Waals surface area contributed by atoms with Crippen molar-refractivity contribution in [3.05, 3.63) is 85.0 Å². The maximum absolute atomic E-state index is 12.7. The van der Waals surface area contributed by atoms with Gasteiger partial charge in [-0.15, -0.1) is 9.72 Å². The number of alkyl carbamates (subject to hydrolysis) is 2. The van der Waals surface area contributed by atoms with Crippen molar-refractivity contribution in [3.63, 3.8) is 0 Å². The number of aromatic nitrogens is 8. The van der Waals surface area contributed by atoms with Gasteiger partial charge in [0.1, 0.15) is 48.1 Å². The molecule has 52 heteroatoms. The molecule has 0 aliphatic carbocycles. The number of nitrogens with two attached hydrogens (primary N) is 2. The van der Waals surface area contributed by atoms with E-state index in [4.69, 9.17) is 50.0 Å². The maximum atomic E-state index is 12.7. The molecular weight excluding hydrogens is 1390 g/mol. The average Bonchev–Trinajstić information content (AvgIpc) is 1.62. The SMILES string of the molecule is CNc1ccccc1C(=O)NCCNC(=O)O[C@@H]1[C@H](O)[C@@H](COP(=O)(O)OP(=O)(O)NP(=O)(O)O)O[C@H]1n1cnc2c(N)ncnc21.CNc1ccccc1C(=O)NCCNC(=O)O[C@H]1[C@@H](O)[C@H](n2cnc3c(N)ncnc32)O[C@@H]1COP(=O)(O)OP(=O)(O)NP(=O)(O)O. The third-order valence-corrected chi connectivity index (χ3v) is 20.9. The number of nitrogens with one attached hydrogen (secondary N) is 8. The van der Waals surface area contributed by atoms with Gasteiger partial charge >= 0.3 is 58.8 Å². The van der Waals surface area contributed by atoms with E-state index in [2.05, 4.69) is 79.5 Å². The number of phosphoric acid groups is 2. The minimum atomic E-state index is -5.59. The number of aliphatic hydroxyl groups is 2. The number of ether oxygens (including phenoxy) is 4. The number of aliphatic hydroxyl groups excluding tert-OH is 2. The molecule has 2 saturated heterocycles. The predicted molar refractivity (Wildman–Crippen MR) is 316 cm³/mol.